The predicted molar refractivity (Wildman–Crippen MR) is 89.5 cm³/mol. The molecule has 1 aromatic heterocycles. The van der Waals surface area contributed by atoms with Crippen LogP contribution in [0, 0.1) is 0 Å². The number of nitrogens with one attached hydrogen (secondary N) is 1. The standard InChI is InChI=1S/C15H19N3O3S2/c1-21-12-7-9-13(10-8-12)23(19,20)18-15-17-16-14(22-15)11-5-3-2-4-6-11/h7-11H,2-6H2,1H3,(H,17,18). The van der Waals surface area contributed by atoms with Crippen molar-refractivity contribution in [2.75, 3.05) is 11.8 Å². The smallest absolute Gasteiger partial charge is 0.263 e. The van der Waals surface area contributed by atoms with Crippen LogP contribution in [-0.4, -0.2) is 25.7 Å². The normalized spacial score (nSPS) is 16.2. The molecule has 0 bridgehead atoms. The summed E-state index contributed by atoms with van der Waals surface area (Å²) in [4.78, 5) is 0.174. The lowest BCUT2D eigenvalue weighted by atomic mass is 9.90. The molecule has 0 radical (unpaired) electrons. The van der Waals surface area contributed by atoms with Gasteiger partial charge in [-0.3, -0.25) is 4.72 Å². The molecule has 8 heteroatoms. The number of rotatable bonds is 5. The molecule has 1 heterocycles. The molecule has 0 saturated heterocycles. The summed E-state index contributed by atoms with van der Waals surface area (Å²) >= 11 is 1.33. The third-order valence-electron chi connectivity index (χ3n) is 3.99. The van der Waals surface area contributed by atoms with E-state index in [1.807, 2.05) is 0 Å². The Morgan fingerprint density at radius 1 is 1.13 bits per heavy atom. The summed E-state index contributed by atoms with van der Waals surface area (Å²) in [5.41, 5.74) is 0. The number of methoxy groups -OCH3 is 1. The first-order chi connectivity index (χ1) is 11.1. The minimum Gasteiger partial charge on any atom is -0.497 e. The van der Waals surface area contributed by atoms with Crippen LogP contribution in [0.4, 0.5) is 5.13 Å². The van der Waals surface area contributed by atoms with Crippen LogP contribution in [0.2, 0.25) is 0 Å². The second-order valence-corrected chi connectivity index (χ2v) is 8.25. The van der Waals surface area contributed by atoms with Gasteiger partial charge in [-0.05, 0) is 37.1 Å². The van der Waals surface area contributed by atoms with Crippen LogP contribution < -0.4 is 9.46 Å². The number of benzene rings is 1. The zero-order chi connectivity index (χ0) is 16.3. The van der Waals surface area contributed by atoms with Gasteiger partial charge in [-0.2, -0.15) is 0 Å². The molecule has 2 aromatic rings. The first-order valence-electron chi connectivity index (χ1n) is 7.59. The quantitative estimate of drug-likeness (QED) is 0.891. The molecule has 0 aliphatic heterocycles. The molecule has 3 rings (SSSR count). The molecule has 0 spiro atoms. The molecule has 23 heavy (non-hydrogen) atoms. The summed E-state index contributed by atoms with van der Waals surface area (Å²) in [7, 11) is -2.12. The number of anilines is 1. The molecule has 1 fully saturated rings. The summed E-state index contributed by atoms with van der Waals surface area (Å²) in [6.45, 7) is 0. The van der Waals surface area contributed by atoms with Gasteiger partial charge < -0.3 is 4.74 Å². The highest BCUT2D eigenvalue weighted by molar-refractivity contribution is 7.93. The molecule has 0 atom stereocenters. The first kappa shape index (κ1) is 16.2. The van der Waals surface area contributed by atoms with Gasteiger partial charge in [-0.15, -0.1) is 10.2 Å². The molecular formula is C15H19N3O3S2. The van der Waals surface area contributed by atoms with Gasteiger partial charge in [0.05, 0.1) is 12.0 Å². The van der Waals surface area contributed by atoms with E-state index in [0.717, 1.165) is 17.8 Å². The maximum absolute atomic E-state index is 12.4. The highest BCUT2D eigenvalue weighted by atomic mass is 32.2. The molecule has 0 amide bonds. The van der Waals surface area contributed by atoms with Crippen molar-refractivity contribution >= 4 is 26.5 Å². The zero-order valence-corrected chi connectivity index (χ0v) is 14.5. The highest BCUT2D eigenvalue weighted by Crippen LogP contribution is 2.35. The van der Waals surface area contributed by atoms with E-state index in [-0.39, 0.29) is 4.90 Å². The van der Waals surface area contributed by atoms with Gasteiger partial charge in [0, 0.05) is 5.92 Å². The van der Waals surface area contributed by atoms with Crippen molar-refractivity contribution in [3.8, 4) is 5.75 Å². The molecule has 6 nitrogen and oxygen atoms in total. The zero-order valence-electron chi connectivity index (χ0n) is 12.9. The third kappa shape index (κ3) is 3.81. The SMILES string of the molecule is COc1ccc(S(=O)(=O)Nc2nnc(C3CCCCC3)s2)cc1. The summed E-state index contributed by atoms with van der Waals surface area (Å²) in [6, 6.07) is 6.23. The van der Waals surface area contributed by atoms with Crippen molar-refractivity contribution in [2.24, 2.45) is 0 Å². The van der Waals surface area contributed by atoms with E-state index >= 15 is 0 Å². The van der Waals surface area contributed by atoms with Crippen molar-refractivity contribution in [3.05, 3.63) is 29.3 Å². The number of nitrogens with zero attached hydrogens (tertiary/aromatic N) is 2. The number of ether oxygens (including phenoxy) is 1. The Bertz CT molecular complexity index is 751. The second kappa shape index (κ2) is 6.84. The Balaban J connectivity index is 1.73. The second-order valence-electron chi connectivity index (χ2n) is 5.56. The average molecular weight is 353 g/mol. The largest absolute Gasteiger partial charge is 0.497 e. The Labute approximate surface area is 140 Å². The predicted octanol–water partition coefficient (Wildman–Crippen LogP) is 3.40. The van der Waals surface area contributed by atoms with Gasteiger partial charge in [-0.25, -0.2) is 8.42 Å². The van der Waals surface area contributed by atoms with Gasteiger partial charge in [0.1, 0.15) is 10.8 Å². The number of aromatic nitrogens is 2. The maximum atomic E-state index is 12.4. The molecule has 1 aliphatic rings. The van der Waals surface area contributed by atoms with Crippen molar-refractivity contribution in [1.82, 2.24) is 10.2 Å². The van der Waals surface area contributed by atoms with E-state index < -0.39 is 10.0 Å². The lowest BCUT2D eigenvalue weighted by molar-refractivity contribution is 0.414. The number of hydrogen-bond acceptors (Lipinski definition) is 6. The van der Waals surface area contributed by atoms with Gasteiger partial charge in [0.25, 0.3) is 10.0 Å². The fourth-order valence-electron chi connectivity index (χ4n) is 2.72. The van der Waals surface area contributed by atoms with Crippen LogP contribution in [0.25, 0.3) is 0 Å². The van der Waals surface area contributed by atoms with Crippen LogP contribution >= 0.6 is 11.3 Å². The van der Waals surface area contributed by atoms with E-state index in [9.17, 15) is 8.42 Å². The number of sulfonamides is 1. The van der Waals surface area contributed by atoms with Gasteiger partial charge in [0.2, 0.25) is 5.13 Å². The Hall–Kier alpha value is -1.67. The monoisotopic (exact) mass is 353 g/mol. The van der Waals surface area contributed by atoms with E-state index in [1.54, 1.807) is 12.1 Å². The van der Waals surface area contributed by atoms with E-state index in [0.29, 0.717) is 16.8 Å². The lowest BCUT2D eigenvalue weighted by Gasteiger charge is -2.18. The van der Waals surface area contributed by atoms with Crippen LogP contribution in [0.1, 0.15) is 43.0 Å². The minimum atomic E-state index is -3.65. The van der Waals surface area contributed by atoms with Gasteiger partial charge >= 0.3 is 0 Å². The molecule has 124 valence electrons. The Morgan fingerprint density at radius 3 is 2.48 bits per heavy atom. The molecule has 1 aliphatic carbocycles. The van der Waals surface area contributed by atoms with Crippen LogP contribution in [0.5, 0.6) is 5.75 Å². The molecule has 1 N–H and O–H groups in total. The minimum absolute atomic E-state index is 0.174. The third-order valence-corrected chi connectivity index (χ3v) is 6.47. The van der Waals surface area contributed by atoms with E-state index in [4.69, 9.17) is 4.74 Å². The summed E-state index contributed by atoms with van der Waals surface area (Å²) in [5, 5.41) is 9.40. The van der Waals surface area contributed by atoms with Gasteiger partial charge in [-0.1, -0.05) is 30.6 Å². The van der Waals surface area contributed by atoms with Crippen LogP contribution in [0.15, 0.2) is 29.2 Å². The lowest BCUT2D eigenvalue weighted by Crippen LogP contribution is -2.12. The summed E-state index contributed by atoms with van der Waals surface area (Å²) in [6.07, 6.45) is 5.90. The fourth-order valence-corrected chi connectivity index (χ4v) is 4.86. The van der Waals surface area contributed by atoms with E-state index in [2.05, 4.69) is 14.9 Å². The maximum Gasteiger partial charge on any atom is 0.263 e. The molecular weight excluding hydrogens is 334 g/mol. The van der Waals surface area contributed by atoms with E-state index in [1.165, 1.54) is 49.8 Å². The van der Waals surface area contributed by atoms with Crippen LogP contribution in [-0.2, 0) is 10.0 Å². The highest BCUT2D eigenvalue weighted by Gasteiger charge is 2.22. The average Bonchev–Trinajstić information content (AvgIpc) is 3.03. The van der Waals surface area contributed by atoms with Crippen molar-refractivity contribution in [3.63, 3.8) is 0 Å². The summed E-state index contributed by atoms with van der Waals surface area (Å²) in [5.74, 6) is 1.03. The Kier molecular flexibility index (Phi) is 4.82. The first-order valence-corrected chi connectivity index (χ1v) is 9.89. The molecule has 1 aromatic carbocycles. The van der Waals surface area contributed by atoms with Gasteiger partial charge in [0.15, 0.2) is 0 Å². The van der Waals surface area contributed by atoms with Crippen molar-refractivity contribution < 1.29 is 13.2 Å². The Morgan fingerprint density at radius 2 is 1.83 bits per heavy atom. The molecule has 0 unspecified atom stereocenters. The van der Waals surface area contributed by atoms with Crippen molar-refractivity contribution in [1.29, 1.82) is 0 Å². The molecule has 1 saturated carbocycles. The number of hydrogen-bond donors (Lipinski definition) is 1. The fraction of sp³-hybridized carbons (Fsp3) is 0.467. The van der Waals surface area contributed by atoms with Crippen LogP contribution in [0.3, 0.4) is 0 Å². The topological polar surface area (TPSA) is 81.2 Å². The summed E-state index contributed by atoms with van der Waals surface area (Å²) < 4.78 is 32.3. The van der Waals surface area contributed by atoms with Crippen molar-refractivity contribution in [2.45, 2.75) is 42.9 Å².